The molecule has 1 aromatic carbocycles. The molecule has 0 aliphatic carbocycles. The third-order valence-corrected chi connectivity index (χ3v) is 7.77. The summed E-state index contributed by atoms with van der Waals surface area (Å²) in [7, 11) is 0. The zero-order valence-electron chi connectivity index (χ0n) is 23.7. The maximum absolute atomic E-state index is 12.7. The van der Waals surface area contributed by atoms with E-state index >= 15 is 0 Å². The van der Waals surface area contributed by atoms with Gasteiger partial charge in [-0.1, -0.05) is 19.1 Å². The van der Waals surface area contributed by atoms with E-state index in [0.717, 1.165) is 31.2 Å². The van der Waals surface area contributed by atoms with Crippen molar-refractivity contribution in [3.63, 3.8) is 0 Å². The van der Waals surface area contributed by atoms with Crippen LogP contribution in [0.1, 0.15) is 51.7 Å². The molecule has 3 aromatic rings. The molecule has 0 unspecified atom stereocenters. The van der Waals surface area contributed by atoms with Gasteiger partial charge in [-0.05, 0) is 67.7 Å². The van der Waals surface area contributed by atoms with Crippen molar-refractivity contribution >= 4 is 23.7 Å². The quantitative estimate of drug-likeness (QED) is 0.412. The van der Waals surface area contributed by atoms with Gasteiger partial charge in [-0.3, -0.25) is 19.6 Å². The Balaban J connectivity index is 1.05. The van der Waals surface area contributed by atoms with Crippen LogP contribution >= 0.6 is 0 Å². The van der Waals surface area contributed by atoms with Crippen LogP contribution in [-0.2, 0) is 13.1 Å². The lowest BCUT2D eigenvalue weighted by atomic mass is 9.99. The van der Waals surface area contributed by atoms with Gasteiger partial charge < -0.3 is 20.1 Å². The highest BCUT2D eigenvalue weighted by Crippen LogP contribution is 2.19. The first-order valence-electron chi connectivity index (χ1n) is 14.3. The van der Waals surface area contributed by atoms with Gasteiger partial charge >= 0.3 is 12.1 Å². The molecule has 2 fully saturated rings. The first-order valence-corrected chi connectivity index (χ1v) is 14.3. The van der Waals surface area contributed by atoms with Crippen LogP contribution in [0, 0.1) is 5.92 Å². The van der Waals surface area contributed by atoms with Crippen LogP contribution in [0.15, 0.2) is 60.9 Å². The highest BCUT2D eigenvalue weighted by molar-refractivity contribution is 6.04. The molecule has 5 rings (SSSR count). The summed E-state index contributed by atoms with van der Waals surface area (Å²) in [6.07, 6.45) is 4.80. The fourth-order valence-electron chi connectivity index (χ4n) is 5.07. The third kappa shape index (κ3) is 7.89. The van der Waals surface area contributed by atoms with E-state index in [1.54, 1.807) is 23.1 Å². The number of piperazine rings is 1. The molecule has 220 valence electrons. The van der Waals surface area contributed by atoms with Gasteiger partial charge in [0.25, 0.3) is 5.91 Å². The van der Waals surface area contributed by atoms with Crippen molar-refractivity contribution in [3.05, 3.63) is 83.3 Å². The predicted octanol–water partition coefficient (Wildman–Crippen LogP) is 3.98. The highest BCUT2D eigenvalue weighted by atomic mass is 16.6. The highest BCUT2D eigenvalue weighted by Gasteiger charge is 2.23. The molecule has 2 aromatic heterocycles. The second-order valence-electron chi connectivity index (χ2n) is 11.0. The monoisotopic (exact) mass is 572 g/mol. The molecule has 11 heteroatoms. The molecule has 11 nitrogen and oxygen atoms in total. The number of pyridine rings is 2. The number of carbonyl (C=O) groups is 3. The lowest BCUT2D eigenvalue weighted by Gasteiger charge is -2.33. The second kappa shape index (κ2) is 13.5. The number of amides is 2. The molecule has 0 radical (unpaired) electrons. The average molecular weight is 573 g/mol. The summed E-state index contributed by atoms with van der Waals surface area (Å²) in [6, 6.07) is 14.1. The summed E-state index contributed by atoms with van der Waals surface area (Å²) in [5.74, 6) is -0.285. The zero-order chi connectivity index (χ0) is 29.5. The first kappa shape index (κ1) is 29.2. The average Bonchev–Trinajstić information content (AvgIpc) is 3.00. The number of nitrogens with zero attached hydrogens (tertiary/aromatic N) is 5. The Morgan fingerprint density at radius 2 is 1.52 bits per heavy atom. The number of rotatable bonds is 8. The number of ether oxygens (including phenoxy) is 1. The molecular weight excluding hydrogens is 536 g/mol. The topological polar surface area (TPSA) is 128 Å². The fourth-order valence-corrected chi connectivity index (χ4v) is 5.07. The molecule has 2 aliphatic heterocycles. The smallest absolute Gasteiger partial charge is 0.416 e. The molecule has 0 bridgehead atoms. The van der Waals surface area contributed by atoms with Crippen LogP contribution in [0.4, 0.5) is 10.5 Å². The SMILES string of the molecule is CC1CCN(Cc2ccc(C(=O)Nc3ccc(OC(=O)N4CCN(Cc5ccc(C(=O)O)cn5)CC4)nc3)cc2)CC1. The molecule has 2 saturated heterocycles. The maximum atomic E-state index is 12.7. The number of aromatic carboxylic acids is 1. The number of hydrogen-bond donors (Lipinski definition) is 2. The number of aromatic nitrogens is 2. The van der Waals surface area contributed by atoms with Gasteiger partial charge in [0.1, 0.15) is 0 Å². The Hall–Kier alpha value is -4.35. The van der Waals surface area contributed by atoms with Crippen molar-refractivity contribution in [3.8, 4) is 5.88 Å². The van der Waals surface area contributed by atoms with E-state index in [2.05, 4.69) is 32.0 Å². The summed E-state index contributed by atoms with van der Waals surface area (Å²) < 4.78 is 5.44. The fraction of sp³-hybridized carbons (Fsp3) is 0.387. The van der Waals surface area contributed by atoms with E-state index in [9.17, 15) is 14.4 Å². The molecule has 2 amide bonds. The molecule has 2 aliphatic rings. The molecule has 0 atom stereocenters. The number of hydrogen-bond acceptors (Lipinski definition) is 8. The van der Waals surface area contributed by atoms with Crippen molar-refractivity contribution in [2.75, 3.05) is 44.6 Å². The van der Waals surface area contributed by atoms with Crippen LogP contribution in [0.3, 0.4) is 0 Å². The zero-order valence-corrected chi connectivity index (χ0v) is 23.7. The van der Waals surface area contributed by atoms with Gasteiger partial charge in [-0.2, -0.15) is 0 Å². The lowest BCUT2D eigenvalue weighted by Crippen LogP contribution is -2.49. The third-order valence-electron chi connectivity index (χ3n) is 7.77. The summed E-state index contributed by atoms with van der Waals surface area (Å²) in [5, 5.41) is 11.8. The minimum Gasteiger partial charge on any atom is -0.478 e. The molecule has 4 heterocycles. The van der Waals surface area contributed by atoms with Crippen LogP contribution in [0.2, 0.25) is 0 Å². The Morgan fingerprint density at radius 3 is 2.14 bits per heavy atom. The Kier molecular flexibility index (Phi) is 9.40. The van der Waals surface area contributed by atoms with Crippen LogP contribution < -0.4 is 10.1 Å². The van der Waals surface area contributed by atoms with E-state index in [0.29, 0.717) is 44.0 Å². The van der Waals surface area contributed by atoms with Crippen molar-refractivity contribution in [2.45, 2.75) is 32.9 Å². The van der Waals surface area contributed by atoms with Crippen LogP contribution in [0.25, 0.3) is 0 Å². The number of carbonyl (C=O) groups excluding carboxylic acids is 2. The summed E-state index contributed by atoms with van der Waals surface area (Å²) >= 11 is 0. The van der Waals surface area contributed by atoms with E-state index < -0.39 is 12.1 Å². The van der Waals surface area contributed by atoms with E-state index in [1.807, 2.05) is 24.3 Å². The molecule has 42 heavy (non-hydrogen) atoms. The standard InChI is InChI=1S/C31H36N6O5/c1-22-10-12-35(13-11-22)20-23-2-4-24(5-3-23)29(38)34-26-8-9-28(33-19-26)42-31(41)37-16-14-36(15-17-37)21-27-7-6-25(18-32-27)30(39)40/h2-9,18-19,22H,10-17,20-21H2,1H3,(H,34,38)(H,39,40). The van der Waals surface area contributed by atoms with Gasteiger partial charge in [-0.25, -0.2) is 14.6 Å². The van der Waals surface area contributed by atoms with Gasteiger partial charge in [0, 0.05) is 57.1 Å². The van der Waals surface area contributed by atoms with Crippen molar-refractivity contribution in [1.29, 1.82) is 0 Å². The normalized spacial score (nSPS) is 16.6. The number of anilines is 1. The molecule has 0 spiro atoms. The number of piperidine rings is 1. The van der Waals surface area contributed by atoms with Crippen LogP contribution in [-0.4, -0.2) is 87.0 Å². The van der Waals surface area contributed by atoms with Gasteiger partial charge in [0.15, 0.2) is 0 Å². The minimum atomic E-state index is -1.01. The van der Waals surface area contributed by atoms with Crippen LogP contribution in [0.5, 0.6) is 5.88 Å². The number of carboxylic acid groups (broad SMARTS) is 1. The van der Waals surface area contributed by atoms with Crippen molar-refractivity contribution in [1.82, 2.24) is 24.7 Å². The number of likely N-dealkylation sites (tertiary alicyclic amines) is 1. The first-order chi connectivity index (χ1) is 20.3. The summed E-state index contributed by atoms with van der Waals surface area (Å²) in [4.78, 5) is 51.0. The summed E-state index contributed by atoms with van der Waals surface area (Å²) in [5.41, 5.74) is 3.18. The lowest BCUT2D eigenvalue weighted by molar-refractivity contribution is 0.0696. The van der Waals surface area contributed by atoms with E-state index in [4.69, 9.17) is 9.84 Å². The number of carboxylic acids is 1. The molecule has 0 saturated carbocycles. The Morgan fingerprint density at radius 1 is 0.833 bits per heavy atom. The Bertz CT molecular complexity index is 1360. The largest absolute Gasteiger partial charge is 0.478 e. The maximum Gasteiger partial charge on any atom is 0.416 e. The molecule has 2 N–H and O–H groups in total. The summed E-state index contributed by atoms with van der Waals surface area (Å²) in [6.45, 7) is 8.24. The second-order valence-corrected chi connectivity index (χ2v) is 11.0. The minimum absolute atomic E-state index is 0.151. The van der Waals surface area contributed by atoms with E-state index in [1.165, 1.54) is 36.9 Å². The van der Waals surface area contributed by atoms with Crippen molar-refractivity contribution < 1.29 is 24.2 Å². The van der Waals surface area contributed by atoms with Crippen molar-refractivity contribution in [2.24, 2.45) is 5.92 Å². The van der Waals surface area contributed by atoms with Gasteiger partial charge in [-0.15, -0.1) is 0 Å². The predicted molar refractivity (Wildman–Crippen MR) is 156 cm³/mol. The van der Waals surface area contributed by atoms with E-state index in [-0.39, 0.29) is 17.4 Å². The van der Waals surface area contributed by atoms with Gasteiger partial charge in [0.05, 0.1) is 23.1 Å². The Labute approximate surface area is 245 Å². The number of benzene rings is 1. The molecular formula is C31H36N6O5. The number of nitrogens with one attached hydrogen (secondary N) is 1. The van der Waals surface area contributed by atoms with Gasteiger partial charge in [0.2, 0.25) is 5.88 Å².